The predicted octanol–water partition coefficient (Wildman–Crippen LogP) is 3.55. The first-order valence-corrected chi connectivity index (χ1v) is 11.4. The molecule has 0 bridgehead atoms. The van der Waals surface area contributed by atoms with Crippen LogP contribution in [0.15, 0.2) is 36.4 Å². The van der Waals surface area contributed by atoms with Gasteiger partial charge in [0.15, 0.2) is 11.5 Å². The summed E-state index contributed by atoms with van der Waals surface area (Å²) in [5.41, 5.74) is 1.87. The average Bonchev–Trinajstić information content (AvgIpc) is 2.84. The maximum absolute atomic E-state index is 13.6. The van der Waals surface area contributed by atoms with E-state index >= 15 is 0 Å². The quantitative estimate of drug-likeness (QED) is 0.535. The van der Waals surface area contributed by atoms with E-state index in [1.165, 1.54) is 14.2 Å². The van der Waals surface area contributed by atoms with E-state index < -0.39 is 12.0 Å². The fourth-order valence-electron chi connectivity index (χ4n) is 4.26. The van der Waals surface area contributed by atoms with Crippen LogP contribution in [0.25, 0.3) is 0 Å². The first-order chi connectivity index (χ1) is 16.3. The third kappa shape index (κ3) is 5.28. The summed E-state index contributed by atoms with van der Waals surface area (Å²) in [6.45, 7) is 4.99. The molecule has 2 aromatic carbocycles. The molecule has 0 spiro atoms. The van der Waals surface area contributed by atoms with Crippen LogP contribution < -0.4 is 19.5 Å². The van der Waals surface area contributed by atoms with Crippen molar-refractivity contribution in [2.45, 2.75) is 38.3 Å². The normalized spacial score (nSPS) is 17.4. The van der Waals surface area contributed by atoms with Crippen LogP contribution >= 0.6 is 0 Å². The van der Waals surface area contributed by atoms with Crippen molar-refractivity contribution in [1.82, 2.24) is 10.2 Å². The second-order valence-electron chi connectivity index (χ2n) is 8.47. The molecule has 184 valence electrons. The van der Waals surface area contributed by atoms with Crippen molar-refractivity contribution in [1.29, 1.82) is 0 Å². The van der Waals surface area contributed by atoms with Gasteiger partial charge in [-0.05, 0) is 55.7 Å². The number of amides is 2. The molecule has 2 atom stereocenters. The van der Waals surface area contributed by atoms with E-state index in [-0.39, 0.29) is 17.9 Å². The van der Waals surface area contributed by atoms with Gasteiger partial charge < -0.3 is 29.2 Å². The van der Waals surface area contributed by atoms with Crippen LogP contribution in [0.1, 0.15) is 53.7 Å². The van der Waals surface area contributed by atoms with Gasteiger partial charge in [0.1, 0.15) is 5.75 Å². The summed E-state index contributed by atoms with van der Waals surface area (Å²) < 4.78 is 21.7. The predicted molar refractivity (Wildman–Crippen MR) is 129 cm³/mol. The Hall–Kier alpha value is -3.26. The van der Waals surface area contributed by atoms with Crippen molar-refractivity contribution >= 4 is 11.8 Å². The van der Waals surface area contributed by atoms with Crippen LogP contribution in [0.4, 0.5) is 0 Å². The van der Waals surface area contributed by atoms with E-state index in [4.69, 9.17) is 18.9 Å². The Morgan fingerprint density at radius 2 is 1.68 bits per heavy atom. The largest absolute Gasteiger partial charge is 0.497 e. The summed E-state index contributed by atoms with van der Waals surface area (Å²) in [7, 11) is 6.37. The Morgan fingerprint density at radius 1 is 1.03 bits per heavy atom. The zero-order valence-corrected chi connectivity index (χ0v) is 20.7. The number of likely N-dealkylation sites (N-methyl/N-ethyl adjacent to an activating group) is 1. The lowest BCUT2D eigenvalue weighted by atomic mass is 9.79. The third-order valence-electron chi connectivity index (χ3n) is 5.99. The molecule has 0 aromatic heterocycles. The summed E-state index contributed by atoms with van der Waals surface area (Å²) in [6, 6.07) is 10.3. The molecular weight excluding hydrogens is 436 g/mol. The number of nitrogens with zero attached hydrogens (tertiary/aromatic N) is 1. The molecule has 0 aliphatic carbocycles. The number of benzene rings is 2. The Bertz CT molecular complexity index is 1010. The summed E-state index contributed by atoms with van der Waals surface area (Å²) in [5, 5.41) is 3.04. The second kappa shape index (κ2) is 11.2. The molecule has 0 saturated heterocycles. The molecule has 1 N–H and O–H groups in total. The standard InChI is InChI=1S/C26H34N2O6/c1-16(2)34-13-7-12-27-25(29)23-19-14-21(32-5)22(33-6)15-20(19)26(30)28(3)24(23)17-8-10-18(31-4)11-9-17/h8-11,14-16,23-24H,7,12-13H2,1-6H3,(H,27,29)/t23-,24-/m1/s1. The van der Waals surface area contributed by atoms with Crippen LogP contribution in [0.2, 0.25) is 0 Å². The highest BCUT2D eigenvalue weighted by atomic mass is 16.5. The third-order valence-corrected chi connectivity index (χ3v) is 5.99. The molecule has 1 heterocycles. The van der Waals surface area contributed by atoms with Gasteiger partial charge in [0.25, 0.3) is 5.91 Å². The molecule has 8 heteroatoms. The zero-order valence-electron chi connectivity index (χ0n) is 20.7. The van der Waals surface area contributed by atoms with Crippen molar-refractivity contribution in [3.8, 4) is 17.2 Å². The molecule has 3 rings (SSSR count). The number of nitrogens with one attached hydrogen (secondary N) is 1. The van der Waals surface area contributed by atoms with Gasteiger partial charge >= 0.3 is 0 Å². The number of hydrogen-bond donors (Lipinski definition) is 1. The number of ether oxygens (including phenoxy) is 4. The van der Waals surface area contributed by atoms with E-state index in [9.17, 15) is 9.59 Å². The molecule has 0 saturated carbocycles. The average molecular weight is 471 g/mol. The van der Waals surface area contributed by atoms with Crippen LogP contribution in [0, 0.1) is 0 Å². The molecule has 0 radical (unpaired) electrons. The Labute approximate surface area is 201 Å². The molecule has 1 aliphatic rings. The second-order valence-corrected chi connectivity index (χ2v) is 8.47. The van der Waals surface area contributed by atoms with Gasteiger partial charge in [0.05, 0.1) is 39.4 Å². The molecule has 2 amide bonds. The van der Waals surface area contributed by atoms with Crippen molar-refractivity contribution in [2.75, 3.05) is 41.5 Å². The molecule has 1 aliphatic heterocycles. The Balaban J connectivity index is 2.01. The number of carbonyl (C=O) groups is 2. The van der Waals surface area contributed by atoms with E-state index in [0.717, 1.165) is 5.56 Å². The van der Waals surface area contributed by atoms with Gasteiger partial charge in [-0.15, -0.1) is 0 Å². The number of carbonyl (C=O) groups excluding carboxylic acids is 2. The van der Waals surface area contributed by atoms with Gasteiger partial charge in [-0.3, -0.25) is 9.59 Å². The minimum atomic E-state index is -0.642. The summed E-state index contributed by atoms with van der Waals surface area (Å²) in [6.07, 6.45) is 0.833. The molecule has 34 heavy (non-hydrogen) atoms. The monoisotopic (exact) mass is 470 g/mol. The lowest BCUT2D eigenvalue weighted by Crippen LogP contribution is -2.46. The lowest BCUT2D eigenvalue weighted by molar-refractivity contribution is -0.124. The van der Waals surface area contributed by atoms with Crippen LogP contribution in [-0.2, 0) is 9.53 Å². The van der Waals surface area contributed by atoms with Crippen molar-refractivity contribution < 1.29 is 28.5 Å². The van der Waals surface area contributed by atoms with Crippen LogP contribution in [-0.4, -0.2) is 64.3 Å². The number of methoxy groups -OCH3 is 3. The van der Waals surface area contributed by atoms with Gasteiger partial charge in [-0.2, -0.15) is 0 Å². The first-order valence-electron chi connectivity index (χ1n) is 11.4. The SMILES string of the molecule is COc1ccc([C@@H]2[C@H](C(=O)NCCCOC(C)C)c3cc(OC)c(OC)cc3C(=O)N2C)cc1. The smallest absolute Gasteiger partial charge is 0.254 e. The van der Waals surface area contributed by atoms with Crippen molar-refractivity contribution in [2.24, 2.45) is 0 Å². The van der Waals surface area contributed by atoms with E-state index in [0.29, 0.717) is 47.9 Å². The highest BCUT2D eigenvalue weighted by molar-refractivity contribution is 6.02. The van der Waals surface area contributed by atoms with Crippen LogP contribution in [0.3, 0.4) is 0 Å². The number of hydrogen-bond acceptors (Lipinski definition) is 6. The summed E-state index contributed by atoms with van der Waals surface area (Å²) in [4.78, 5) is 28.6. The summed E-state index contributed by atoms with van der Waals surface area (Å²) in [5.74, 6) is 0.610. The van der Waals surface area contributed by atoms with Gasteiger partial charge in [0.2, 0.25) is 5.91 Å². The van der Waals surface area contributed by atoms with Crippen molar-refractivity contribution in [3.63, 3.8) is 0 Å². The Morgan fingerprint density at radius 3 is 2.26 bits per heavy atom. The molecule has 8 nitrogen and oxygen atoms in total. The molecule has 2 aromatic rings. The fraction of sp³-hybridized carbons (Fsp3) is 0.462. The molecular formula is C26H34N2O6. The van der Waals surface area contributed by atoms with Crippen LogP contribution in [0.5, 0.6) is 17.2 Å². The zero-order chi connectivity index (χ0) is 24.8. The number of rotatable bonds is 10. The summed E-state index contributed by atoms with van der Waals surface area (Å²) >= 11 is 0. The maximum atomic E-state index is 13.6. The minimum absolute atomic E-state index is 0.141. The number of fused-ring (bicyclic) bond motifs is 1. The maximum Gasteiger partial charge on any atom is 0.254 e. The van der Waals surface area contributed by atoms with Gasteiger partial charge in [0, 0.05) is 25.8 Å². The molecule has 0 unspecified atom stereocenters. The minimum Gasteiger partial charge on any atom is -0.497 e. The van der Waals surface area contributed by atoms with E-state index in [1.807, 2.05) is 38.1 Å². The molecule has 0 fully saturated rings. The fourth-order valence-corrected chi connectivity index (χ4v) is 4.26. The van der Waals surface area contributed by atoms with E-state index in [1.54, 1.807) is 31.2 Å². The highest BCUT2D eigenvalue weighted by Gasteiger charge is 2.43. The van der Waals surface area contributed by atoms with Crippen molar-refractivity contribution in [3.05, 3.63) is 53.1 Å². The Kier molecular flexibility index (Phi) is 8.39. The lowest BCUT2D eigenvalue weighted by Gasteiger charge is -2.40. The highest BCUT2D eigenvalue weighted by Crippen LogP contribution is 2.45. The van der Waals surface area contributed by atoms with E-state index in [2.05, 4.69) is 5.32 Å². The first kappa shape index (κ1) is 25.4. The van der Waals surface area contributed by atoms with Gasteiger partial charge in [-0.25, -0.2) is 0 Å². The van der Waals surface area contributed by atoms with Gasteiger partial charge in [-0.1, -0.05) is 12.1 Å². The topological polar surface area (TPSA) is 86.3 Å².